The molecule has 0 atom stereocenters. The highest BCUT2D eigenvalue weighted by Gasteiger charge is 2.09. The van der Waals surface area contributed by atoms with Crippen LogP contribution in [0, 0.1) is 0 Å². The quantitative estimate of drug-likeness (QED) is 0.364. The normalized spacial score (nSPS) is 11.4. The summed E-state index contributed by atoms with van der Waals surface area (Å²) in [5.74, 6) is 0. The Kier molecular flexibility index (Phi) is 2.00. The van der Waals surface area contributed by atoms with E-state index in [4.69, 9.17) is 4.42 Å². The van der Waals surface area contributed by atoms with Crippen molar-refractivity contribution < 1.29 is 9.21 Å². The maximum Gasteiger partial charge on any atom is 0.150 e. The van der Waals surface area contributed by atoms with Gasteiger partial charge in [-0.3, -0.25) is 4.79 Å². The number of fused-ring (bicyclic) bond motifs is 5. The molecule has 0 aliphatic carbocycles. The van der Waals surface area contributed by atoms with Crippen LogP contribution in [0.25, 0.3) is 32.5 Å². The average Bonchev–Trinajstić information content (AvgIpc) is 2.95. The molecule has 0 amide bonds. The Morgan fingerprint density at radius 1 is 0.842 bits per heavy atom. The molecule has 0 spiro atoms. The van der Waals surface area contributed by atoms with E-state index >= 15 is 0 Å². The van der Waals surface area contributed by atoms with Gasteiger partial charge in [0, 0.05) is 16.3 Å². The molecule has 19 heavy (non-hydrogen) atoms. The van der Waals surface area contributed by atoms with Crippen molar-refractivity contribution in [3.63, 3.8) is 0 Å². The van der Waals surface area contributed by atoms with E-state index in [1.807, 2.05) is 42.5 Å². The highest BCUT2D eigenvalue weighted by atomic mass is 16.3. The molecule has 0 bridgehead atoms. The van der Waals surface area contributed by atoms with Gasteiger partial charge in [0.15, 0.2) is 6.29 Å². The molecule has 0 radical (unpaired) electrons. The van der Waals surface area contributed by atoms with Crippen LogP contribution in [-0.4, -0.2) is 6.29 Å². The fourth-order valence-corrected chi connectivity index (χ4v) is 2.73. The van der Waals surface area contributed by atoms with Crippen LogP contribution in [-0.2, 0) is 0 Å². The minimum atomic E-state index is 0.701. The Morgan fingerprint density at radius 3 is 2.47 bits per heavy atom. The van der Waals surface area contributed by atoms with Crippen molar-refractivity contribution in [2.45, 2.75) is 0 Å². The molecule has 2 heteroatoms. The number of benzene rings is 3. The molecule has 0 aliphatic heterocycles. The van der Waals surface area contributed by atoms with Crippen LogP contribution in [0.3, 0.4) is 0 Å². The van der Waals surface area contributed by atoms with Crippen LogP contribution in [0.1, 0.15) is 10.4 Å². The molecule has 4 rings (SSSR count). The van der Waals surface area contributed by atoms with Crippen molar-refractivity contribution in [3.05, 3.63) is 60.4 Å². The predicted octanol–water partition coefficient (Wildman–Crippen LogP) is 4.55. The van der Waals surface area contributed by atoms with Crippen molar-refractivity contribution >= 4 is 38.8 Å². The van der Waals surface area contributed by atoms with Crippen molar-refractivity contribution in [2.75, 3.05) is 0 Å². The first-order chi connectivity index (χ1) is 9.38. The zero-order valence-corrected chi connectivity index (χ0v) is 10.1. The molecule has 0 aliphatic rings. The number of furan rings is 1. The molecular weight excluding hydrogens is 236 g/mol. The summed E-state index contributed by atoms with van der Waals surface area (Å²) in [5.41, 5.74) is 1.54. The van der Waals surface area contributed by atoms with E-state index in [1.54, 1.807) is 6.26 Å². The fraction of sp³-hybridized carbons (Fsp3) is 0. The Hall–Kier alpha value is -2.61. The van der Waals surface area contributed by atoms with Gasteiger partial charge in [-0.25, -0.2) is 0 Å². The highest BCUT2D eigenvalue weighted by molar-refractivity contribution is 6.19. The highest BCUT2D eigenvalue weighted by Crippen LogP contribution is 2.33. The van der Waals surface area contributed by atoms with Crippen LogP contribution >= 0.6 is 0 Å². The average molecular weight is 246 g/mol. The van der Waals surface area contributed by atoms with Crippen LogP contribution in [0.2, 0.25) is 0 Å². The lowest BCUT2D eigenvalue weighted by Gasteiger charge is -2.07. The zero-order valence-electron chi connectivity index (χ0n) is 10.1. The lowest BCUT2D eigenvalue weighted by atomic mass is 9.97. The largest absolute Gasteiger partial charge is 0.464 e. The molecule has 0 fully saturated rings. The summed E-state index contributed by atoms with van der Waals surface area (Å²) in [7, 11) is 0. The summed E-state index contributed by atoms with van der Waals surface area (Å²) < 4.78 is 5.56. The zero-order chi connectivity index (χ0) is 12.8. The van der Waals surface area contributed by atoms with Gasteiger partial charge in [-0.05, 0) is 28.3 Å². The molecule has 0 saturated heterocycles. The molecule has 1 heterocycles. The van der Waals surface area contributed by atoms with Gasteiger partial charge in [0.1, 0.15) is 5.58 Å². The summed E-state index contributed by atoms with van der Waals surface area (Å²) in [6, 6.07) is 15.9. The summed E-state index contributed by atoms with van der Waals surface area (Å²) >= 11 is 0. The summed E-state index contributed by atoms with van der Waals surface area (Å²) in [6.07, 6.45) is 2.59. The monoisotopic (exact) mass is 246 g/mol. The number of carbonyl (C=O) groups is 1. The lowest BCUT2D eigenvalue weighted by Crippen LogP contribution is -1.86. The smallest absolute Gasteiger partial charge is 0.150 e. The topological polar surface area (TPSA) is 30.2 Å². The minimum Gasteiger partial charge on any atom is -0.464 e. The molecular formula is C17H10O2. The molecule has 0 saturated carbocycles. The van der Waals surface area contributed by atoms with Crippen molar-refractivity contribution in [1.82, 2.24) is 0 Å². The van der Waals surface area contributed by atoms with Gasteiger partial charge in [0.2, 0.25) is 0 Å². The first kappa shape index (κ1) is 10.3. The first-order valence-electron chi connectivity index (χ1n) is 6.15. The Balaban J connectivity index is 2.36. The van der Waals surface area contributed by atoms with Gasteiger partial charge in [-0.15, -0.1) is 0 Å². The number of hydrogen-bond donors (Lipinski definition) is 0. The predicted molar refractivity (Wildman–Crippen MR) is 76.6 cm³/mol. The Bertz CT molecular complexity index is 932. The van der Waals surface area contributed by atoms with Crippen LogP contribution in [0.4, 0.5) is 0 Å². The van der Waals surface area contributed by atoms with E-state index in [-0.39, 0.29) is 0 Å². The van der Waals surface area contributed by atoms with E-state index in [0.717, 1.165) is 38.8 Å². The van der Waals surface area contributed by atoms with E-state index in [0.29, 0.717) is 5.56 Å². The summed E-state index contributed by atoms with van der Waals surface area (Å²) in [6.45, 7) is 0. The maximum atomic E-state index is 11.3. The van der Waals surface area contributed by atoms with Crippen molar-refractivity contribution in [1.29, 1.82) is 0 Å². The lowest BCUT2D eigenvalue weighted by molar-refractivity contribution is 0.112. The fourth-order valence-electron chi connectivity index (χ4n) is 2.73. The molecule has 2 nitrogen and oxygen atoms in total. The Labute approximate surface area is 109 Å². The SMILES string of the molecule is O=Cc1cc2c(ccc3ccoc32)c2ccccc12. The summed E-state index contributed by atoms with van der Waals surface area (Å²) in [5, 5.41) is 5.22. The third-order valence-electron chi connectivity index (χ3n) is 3.62. The third kappa shape index (κ3) is 1.34. The maximum absolute atomic E-state index is 11.3. The van der Waals surface area contributed by atoms with Gasteiger partial charge < -0.3 is 4.42 Å². The number of rotatable bonds is 1. The molecule has 4 aromatic rings. The van der Waals surface area contributed by atoms with Crippen molar-refractivity contribution in [2.24, 2.45) is 0 Å². The second kappa shape index (κ2) is 3.69. The van der Waals surface area contributed by atoms with Gasteiger partial charge >= 0.3 is 0 Å². The molecule has 0 N–H and O–H groups in total. The van der Waals surface area contributed by atoms with E-state index in [9.17, 15) is 4.79 Å². The minimum absolute atomic E-state index is 0.701. The molecule has 1 aromatic heterocycles. The van der Waals surface area contributed by atoms with Gasteiger partial charge in [0.05, 0.1) is 6.26 Å². The van der Waals surface area contributed by atoms with E-state index < -0.39 is 0 Å². The van der Waals surface area contributed by atoms with Gasteiger partial charge in [0.25, 0.3) is 0 Å². The van der Waals surface area contributed by atoms with E-state index in [2.05, 4.69) is 6.07 Å². The summed E-state index contributed by atoms with van der Waals surface area (Å²) in [4.78, 5) is 11.3. The molecule has 90 valence electrons. The van der Waals surface area contributed by atoms with Crippen LogP contribution in [0.5, 0.6) is 0 Å². The number of hydrogen-bond acceptors (Lipinski definition) is 2. The van der Waals surface area contributed by atoms with Gasteiger partial charge in [-0.2, -0.15) is 0 Å². The molecule has 0 unspecified atom stereocenters. The number of aldehydes is 1. The standard InChI is InChI=1S/C17H10O2/c18-10-12-9-16-15(14-4-2-1-3-13(12)14)6-5-11-7-8-19-17(11)16/h1-10H. The van der Waals surface area contributed by atoms with Gasteiger partial charge in [-0.1, -0.05) is 36.4 Å². The van der Waals surface area contributed by atoms with E-state index in [1.165, 1.54) is 0 Å². The third-order valence-corrected chi connectivity index (χ3v) is 3.62. The first-order valence-corrected chi connectivity index (χ1v) is 6.15. The Morgan fingerprint density at radius 2 is 1.63 bits per heavy atom. The van der Waals surface area contributed by atoms with Crippen LogP contribution < -0.4 is 0 Å². The van der Waals surface area contributed by atoms with Crippen LogP contribution in [0.15, 0.2) is 59.2 Å². The molecule has 3 aromatic carbocycles. The van der Waals surface area contributed by atoms with Crippen molar-refractivity contribution in [3.8, 4) is 0 Å². The number of carbonyl (C=O) groups excluding carboxylic acids is 1. The second-order valence-corrected chi connectivity index (χ2v) is 4.63. The second-order valence-electron chi connectivity index (χ2n) is 4.63.